The van der Waals surface area contributed by atoms with Crippen LogP contribution in [0.2, 0.25) is 5.02 Å². The van der Waals surface area contributed by atoms with Gasteiger partial charge in [0.25, 0.3) is 5.91 Å². The smallest absolute Gasteiger partial charge is 0.263 e. The van der Waals surface area contributed by atoms with Crippen LogP contribution in [0.15, 0.2) is 66.7 Å². The van der Waals surface area contributed by atoms with Crippen molar-refractivity contribution in [3.05, 3.63) is 82.2 Å². The Morgan fingerprint density at radius 2 is 1.67 bits per heavy atom. The van der Waals surface area contributed by atoms with E-state index in [0.29, 0.717) is 37.5 Å². The van der Waals surface area contributed by atoms with Gasteiger partial charge in [-0.25, -0.2) is 0 Å². The summed E-state index contributed by atoms with van der Waals surface area (Å²) < 4.78 is 0. The average Bonchev–Trinajstić information content (AvgIpc) is 3.28. The minimum absolute atomic E-state index is 0.0364. The SMILES string of the molecule is O=C(NCc1ccccc1)C1CCN(C(=O)c2ccc(-c3ccc(Cl)cc3)s2)CC1. The van der Waals surface area contributed by atoms with Gasteiger partial charge < -0.3 is 10.2 Å². The first kappa shape index (κ1) is 20.6. The quantitative estimate of drug-likeness (QED) is 0.592. The second-order valence-electron chi connectivity index (χ2n) is 7.44. The topological polar surface area (TPSA) is 49.4 Å². The largest absolute Gasteiger partial charge is 0.352 e. The molecule has 1 aliphatic rings. The van der Waals surface area contributed by atoms with E-state index in [9.17, 15) is 9.59 Å². The molecule has 0 atom stereocenters. The lowest BCUT2D eigenvalue weighted by molar-refractivity contribution is -0.126. The predicted molar refractivity (Wildman–Crippen MR) is 122 cm³/mol. The number of amides is 2. The highest BCUT2D eigenvalue weighted by atomic mass is 35.5. The molecule has 0 radical (unpaired) electrons. The molecule has 0 aliphatic carbocycles. The molecule has 1 saturated heterocycles. The van der Waals surface area contributed by atoms with E-state index >= 15 is 0 Å². The summed E-state index contributed by atoms with van der Waals surface area (Å²) in [7, 11) is 0. The molecule has 1 aliphatic heterocycles. The van der Waals surface area contributed by atoms with Gasteiger partial charge in [0, 0.05) is 35.5 Å². The molecule has 1 N–H and O–H groups in total. The van der Waals surface area contributed by atoms with Crippen molar-refractivity contribution >= 4 is 34.8 Å². The summed E-state index contributed by atoms with van der Waals surface area (Å²) in [4.78, 5) is 29.0. The molecule has 2 aromatic carbocycles. The third-order valence-electron chi connectivity index (χ3n) is 5.41. The Bertz CT molecular complexity index is 1010. The van der Waals surface area contributed by atoms with Crippen LogP contribution in [0.5, 0.6) is 0 Å². The molecular formula is C24H23ClN2O2S. The van der Waals surface area contributed by atoms with Crippen molar-refractivity contribution in [2.75, 3.05) is 13.1 Å². The molecule has 0 bridgehead atoms. The van der Waals surface area contributed by atoms with Crippen LogP contribution in [0.3, 0.4) is 0 Å². The van der Waals surface area contributed by atoms with Crippen LogP contribution in [0, 0.1) is 5.92 Å². The van der Waals surface area contributed by atoms with Gasteiger partial charge in [-0.15, -0.1) is 11.3 Å². The van der Waals surface area contributed by atoms with Crippen LogP contribution in [0.25, 0.3) is 10.4 Å². The van der Waals surface area contributed by atoms with Crippen LogP contribution in [-0.4, -0.2) is 29.8 Å². The Labute approximate surface area is 185 Å². The maximum atomic E-state index is 12.9. The molecule has 1 fully saturated rings. The average molecular weight is 439 g/mol. The molecule has 4 nitrogen and oxygen atoms in total. The minimum Gasteiger partial charge on any atom is -0.352 e. The Kier molecular flexibility index (Phi) is 6.50. The Morgan fingerprint density at radius 3 is 2.37 bits per heavy atom. The van der Waals surface area contributed by atoms with Crippen LogP contribution in [0.4, 0.5) is 0 Å². The van der Waals surface area contributed by atoms with E-state index in [2.05, 4.69) is 5.32 Å². The second-order valence-corrected chi connectivity index (χ2v) is 8.96. The maximum absolute atomic E-state index is 12.9. The monoisotopic (exact) mass is 438 g/mol. The molecule has 4 rings (SSSR count). The third-order valence-corrected chi connectivity index (χ3v) is 6.78. The number of hydrogen-bond acceptors (Lipinski definition) is 3. The Hall–Kier alpha value is -2.63. The van der Waals surface area contributed by atoms with Gasteiger partial charge in [-0.05, 0) is 48.2 Å². The zero-order chi connectivity index (χ0) is 20.9. The molecule has 30 heavy (non-hydrogen) atoms. The molecule has 0 unspecified atom stereocenters. The van der Waals surface area contributed by atoms with Crippen molar-refractivity contribution in [3.8, 4) is 10.4 Å². The van der Waals surface area contributed by atoms with Crippen molar-refractivity contribution < 1.29 is 9.59 Å². The maximum Gasteiger partial charge on any atom is 0.263 e. The van der Waals surface area contributed by atoms with E-state index in [1.165, 1.54) is 11.3 Å². The molecule has 2 heterocycles. The van der Waals surface area contributed by atoms with Gasteiger partial charge in [-0.1, -0.05) is 54.1 Å². The van der Waals surface area contributed by atoms with Crippen LogP contribution >= 0.6 is 22.9 Å². The van der Waals surface area contributed by atoms with Gasteiger partial charge in [0.15, 0.2) is 0 Å². The first-order valence-electron chi connectivity index (χ1n) is 10.1. The highest BCUT2D eigenvalue weighted by Gasteiger charge is 2.28. The van der Waals surface area contributed by atoms with E-state index in [4.69, 9.17) is 11.6 Å². The summed E-state index contributed by atoms with van der Waals surface area (Å²) >= 11 is 7.45. The highest BCUT2D eigenvalue weighted by Crippen LogP contribution is 2.30. The summed E-state index contributed by atoms with van der Waals surface area (Å²) in [5, 5.41) is 3.72. The lowest BCUT2D eigenvalue weighted by Crippen LogP contribution is -2.42. The number of benzene rings is 2. The summed E-state index contributed by atoms with van der Waals surface area (Å²) in [5.41, 5.74) is 2.14. The number of halogens is 1. The molecule has 6 heteroatoms. The molecule has 1 aromatic heterocycles. The van der Waals surface area contributed by atoms with Crippen LogP contribution in [-0.2, 0) is 11.3 Å². The second kappa shape index (κ2) is 9.45. The van der Waals surface area contributed by atoms with E-state index in [-0.39, 0.29) is 17.7 Å². The van der Waals surface area contributed by atoms with E-state index in [1.807, 2.05) is 71.6 Å². The normalized spacial score (nSPS) is 14.5. The predicted octanol–water partition coefficient (Wildman–Crippen LogP) is 5.24. The Morgan fingerprint density at radius 1 is 0.967 bits per heavy atom. The number of carbonyl (C=O) groups is 2. The Balaban J connectivity index is 1.30. The number of likely N-dealkylation sites (tertiary alicyclic amines) is 1. The lowest BCUT2D eigenvalue weighted by Gasteiger charge is -2.31. The lowest BCUT2D eigenvalue weighted by atomic mass is 9.95. The standard InChI is InChI=1S/C24H23ClN2O2S/c25-20-8-6-18(7-9-20)21-10-11-22(30-21)24(29)27-14-12-19(13-15-27)23(28)26-16-17-4-2-1-3-5-17/h1-11,19H,12-16H2,(H,26,28). The van der Waals surface area contributed by atoms with Gasteiger partial charge in [0.1, 0.15) is 0 Å². The minimum atomic E-state index is -0.0364. The number of rotatable bonds is 5. The fourth-order valence-corrected chi connectivity index (χ4v) is 4.76. The summed E-state index contributed by atoms with van der Waals surface area (Å²) in [6.45, 7) is 1.76. The number of hydrogen-bond donors (Lipinski definition) is 1. The van der Waals surface area contributed by atoms with Gasteiger partial charge in [0.05, 0.1) is 4.88 Å². The number of carbonyl (C=O) groups excluding carboxylic acids is 2. The van der Waals surface area contributed by atoms with E-state index < -0.39 is 0 Å². The third kappa shape index (κ3) is 4.91. The van der Waals surface area contributed by atoms with Gasteiger partial charge in [0.2, 0.25) is 5.91 Å². The van der Waals surface area contributed by atoms with Crippen molar-refractivity contribution in [2.24, 2.45) is 5.92 Å². The fraction of sp³-hybridized carbons (Fsp3) is 0.250. The van der Waals surface area contributed by atoms with Gasteiger partial charge in [-0.2, -0.15) is 0 Å². The van der Waals surface area contributed by atoms with Crippen molar-refractivity contribution in [2.45, 2.75) is 19.4 Å². The zero-order valence-electron chi connectivity index (χ0n) is 16.5. The van der Waals surface area contributed by atoms with Crippen molar-refractivity contribution in [3.63, 3.8) is 0 Å². The first-order valence-corrected chi connectivity index (χ1v) is 11.3. The molecule has 0 spiro atoms. The highest BCUT2D eigenvalue weighted by molar-refractivity contribution is 7.17. The molecule has 154 valence electrons. The zero-order valence-corrected chi connectivity index (χ0v) is 18.1. The van der Waals surface area contributed by atoms with Crippen LogP contribution in [0.1, 0.15) is 28.1 Å². The van der Waals surface area contributed by atoms with Crippen LogP contribution < -0.4 is 5.32 Å². The number of thiophene rings is 1. The van der Waals surface area contributed by atoms with E-state index in [0.717, 1.165) is 20.9 Å². The molecule has 0 saturated carbocycles. The molecule has 2 amide bonds. The first-order chi connectivity index (χ1) is 14.6. The van der Waals surface area contributed by atoms with E-state index in [1.54, 1.807) is 0 Å². The summed E-state index contributed by atoms with van der Waals surface area (Å²) in [5.74, 6) is 0.0844. The van der Waals surface area contributed by atoms with Crippen molar-refractivity contribution in [1.82, 2.24) is 10.2 Å². The fourth-order valence-electron chi connectivity index (χ4n) is 3.65. The molecule has 3 aromatic rings. The van der Waals surface area contributed by atoms with Gasteiger partial charge >= 0.3 is 0 Å². The molecular weight excluding hydrogens is 416 g/mol. The number of piperidine rings is 1. The van der Waals surface area contributed by atoms with Crippen molar-refractivity contribution in [1.29, 1.82) is 0 Å². The summed E-state index contributed by atoms with van der Waals surface area (Å²) in [6.07, 6.45) is 1.39. The number of nitrogens with zero attached hydrogens (tertiary/aromatic N) is 1. The summed E-state index contributed by atoms with van der Waals surface area (Å²) in [6, 6.07) is 21.4. The van der Waals surface area contributed by atoms with Gasteiger partial charge in [-0.3, -0.25) is 9.59 Å². The number of nitrogens with one attached hydrogen (secondary N) is 1.